The van der Waals surface area contributed by atoms with E-state index in [1.165, 1.54) is 0 Å². The van der Waals surface area contributed by atoms with Crippen molar-refractivity contribution in [1.29, 1.82) is 5.26 Å². The van der Waals surface area contributed by atoms with Crippen molar-refractivity contribution in [3.05, 3.63) is 23.4 Å². The lowest BCUT2D eigenvalue weighted by Crippen LogP contribution is -2.41. The van der Waals surface area contributed by atoms with Gasteiger partial charge in [-0.05, 0) is 38.3 Å². The molecule has 1 atom stereocenters. The van der Waals surface area contributed by atoms with Crippen molar-refractivity contribution in [1.82, 2.24) is 4.98 Å². The molecule has 4 heteroatoms. The van der Waals surface area contributed by atoms with E-state index >= 15 is 0 Å². The summed E-state index contributed by atoms with van der Waals surface area (Å²) in [6.45, 7) is 2.70. The molecule has 0 aliphatic carbocycles. The Morgan fingerprint density at radius 1 is 1.53 bits per heavy atom. The number of aldehydes is 1. The number of hydrogen-bond donors (Lipinski definition) is 0. The molecule has 2 heterocycles. The molecule has 1 unspecified atom stereocenters. The van der Waals surface area contributed by atoms with Crippen molar-refractivity contribution >= 4 is 12.1 Å². The first kappa shape index (κ1) is 11.6. The predicted octanol–water partition coefficient (Wildman–Crippen LogP) is 1.82. The van der Waals surface area contributed by atoms with Gasteiger partial charge in [0.25, 0.3) is 0 Å². The maximum Gasteiger partial charge on any atom is 0.142 e. The van der Waals surface area contributed by atoms with Crippen LogP contribution in [-0.4, -0.2) is 23.9 Å². The summed E-state index contributed by atoms with van der Waals surface area (Å²) in [6.07, 6.45) is 4.01. The van der Waals surface area contributed by atoms with E-state index in [1.807, 2.05) is 11.8 Å². The average molecular weight is 229 g/mol. The van der Waals surface area contributed by atoms with Crippen LogP contribution in [0.4, 0.5) is 5.82 Å². The van der Waals surface area contributed by atoms with Gasteiger partial charge in [0, 0.05) is 12.2 Å². The molecule has 1 saturated heterocycles. The number of rotatable bonds is 2. The third-order valence-electron chi connectivity index (χ3n) is 3.07. The highest BCUT2D eigenvalue weighted by molar-refractivity contribution is 5.65. The van der Waals surface area contributed by atoms with Crippen molar-refractivity contribution < 1.29 is 4.79 Å². The Bertz CT molecular complexity index is 464. The molecule has 0 N–H and O–H groups in total. The van der Waals surface area contributed by atoms with E-state index in [0.29, 0.717) is 5.56 Å². The van der Waals surface area contributed by atoms with Crippen LogP contribution >= 0.6 is 0 Å². The van der Waals surface area contributed by atoms with E-state index in [1.54, 1.807) is 12.1 Å². The van der Waals surface area contributed by atoms with Gasteiger partial charge in [0.05, 0.1) is 17.7 Å². The molecule has 88 valence electrons. The quantitative estimate of drug-likeness (QED) is 0.726. The number of nitriles is 1. The number of hydrogen-bond acceptors (Lipinski definition) is 4. The van der Waals surface area contributed by atoms with Gasteiger partial charge in [-0.15, -0.1) is 0 Å². The summed E-state index contributed by atoms with van der Waals surface area (Å²) in [5, 5.41) is 8.94. The molecule has 0 spiro atoms. The van der Waals surface area contributed by atoms with Crippen LogP contribution in [0.25, 0.3) is 0 Å². The third kappa shape index (κ3) is 2.44. The standard InChI is InChI=1S/C13H15N3O/c1-10-6-11(8-14)7-13(15-10)16-5-3-2-4-12(16)9-17/h6-7,9,12H,2-5H2,1H3. The predicted molar refractivity (Wildman–Crippen MR) is 64.7 cm³/mol. The molecular formula is C13H15N3O. The summed E-state index contributed by atoms with van der Waals surface area (Å²) in [5.74, 6) is 0.748. The van der Waals surface area contributed by atoms with Crippen LogP contribution in [-0.2, 0) is 4.79 Å². The number of aromatic nitrogens is 1. The molecule has 0 aromatic carbocycles. The Morgan fingerprint density at radius 3 is 3.06 bits per heavy atom. The second-order valence-electron chi connectivity index (χ2n) is 4.36. The summed E-state index contributed by atoms with van der Waals surface area (Å²) in [6, 6.07) is 5.54. The molecule has 1 aliphatic heterocycles. The number of aryl methyl sites for hydroxylation is 1. The Kier molecular flexibility index (Phi) is 3.38. The fourth-order valence-electron chi connectivity index (χ4n) is 2.25. The van der Waals surface area contributed by atoms with Gasteiger partial charge in [0.1, 0.15) is 12.1 Å². The summed E-state index contributed by atoms with van der Waals surface area (Å²) >= 11 is 0. The number of carbonyl (C=O) groups is 1. The molecule has 17 heavy (non-hydrogen) atoms. The van der Waals surface area contributed by atoms with Crippen molar-refractivity contribution in [2.75, 3.05) is 11.4 Å². The van der Waals surface area contributed by atoms with Crippen LogP contribution in [0.15, 0.2) is 12.1 Å². The highest BCUT2D eigenvalue weighted by atomic mass is 16.1. The summed E-state index contributed by atoms with van der Waals surface area (Å²) < 4.78 is 0. The van der Waals surface area contributed by atoms with Crippen molar-refractivity contribution in [3.63, 3.8) is 0 Å². The molecule has 1 aliphatic rings. The van der Waals surface area contributed by atoms with E-state index in [4.69, 9.17) is 5.26 Å². The molecule has 1 aromatic rings. The molecule has 1 aromatic heterocycles. The van der Waals surface area contributed by atoms with E-state index in [0.717, 1.165) is 43.6 Å². The first-order valence-electron chi connectivity index (χ1n) is 5.85. The second kappa shape index (κ2) is 4.96. The molecule has 0 bridgehead atoms. The smallest absolute Gasteiger partial charge is 0.142 e. The third-order valence-corrected chi connectivity index (χ3v) is 3.07. The summed E-state index contributed by atoms with van der Waals surface area (Å²) in [5.41, 5.74) is 1.41. The largest absolute Gasteiger partial charge is 0.347 e. The molecule has 2 rings (SSSR count). The van der Waals surface area contributed by atoms with Gasteiger partial charge in [-0.1, -0.05) is 0 Å². The number of carbonyl (C=O) groups excluding carboxylic acids is 1. The Balaban J connectivity index is 2.34. The molecule has 0 amide bonds. The molecule has 0 radical (unpaired) electrons. The maximum atomic E-state index is 11.0. The minimum atomic E-state index is -0.0930. The first-order chi connectivity index (χ1) is 8.24. The maximum absolute atomic E-state index is 11.0. The Labute approximate surface area is 101 Å². The zero-order valence-corrected chi connectivity index (χ0v) is 9.89. The molecule has 0 saturated carbocycles. The van der Waals surface area contributed by atoms with Crippen LogP contribution in [0.1, 0.15) is 30.5 Å². The van der Waals surface area contributed by atoms with Gasteiger partial charge in [-0.25, -0.2) is 4.98 Å². The molecule has 1 fully saturated rings. The van der Waals surface area contributed by atoms with Crippen LogP contribution in [0, 0.1) is 18.3 Å². The minimum Gasteiger partial charge on any atom is -0.347 e. The zero-order valence-electron chi connectivity index (χ0n) is 9.89. The van der Waals surface area contributed by atoms with Gasteiger partial charge >= 0.3 is 0 Å². The van der Waals surface area contributed by atoms with Gasteiger partial charge in [0.2, 0.25) is 0 Å². The van der Waals surface area contributed by atoms with Gasteiger partial charge in [0.15, 0.2) is 0 Å². The van der Waals surface area contributed by atoms with Crippen LogP contribution < -0.4 is 4.90 Å². The number of piperidine rings is 1. The fourth-order valence-corrected chi connectivity index (χ4v) is 2.25. The number of pyridine rings is 1. The van der Waals surface area contributed by atoms with Gasteiger partial charge < -0.3 is 9.69 Å². The first-order valence-corrected chi connectivity index (χ1v) is 5.85. The highest BCUT2D eigenvalue weighted by Crippen LogP contribution is 2.23. The van der Waals surface area contributed by atoms with Gasteiger partial charge in [-0.2, -0.15) is 5.26 Å². The van der Waals surface area contributed by atoms with Crippen molar-refractivity contribution in [2.45, 2.75) is 32.2 Å². The lowest BCUT2D eigenvalue weighted by atomic mass is 10.0. The van der Waals surface area contributed by atoms with E-state index < -0.39 is 0 Å². The second-order valence-corrected chi connectivity index (χ2v) is 4.36. The van der Waals surface area contributed by atoms with Crippen LogP contribution in [0.2, 0.25) is 0 Å². The minimum absolute atomic E-state index is 0.0930. The monoisotopic (exact) mass is 229 g/mol. The van der Waals surface area contributed by atoms with Gasteiger partial charge in [-0.3, -0.25) is 0 Å². The van der Waals surface area contributed by atoms with Crippen LogP contribution in [0.3, 0.4) is 0 Å². The average Bonchev–Trinajstić information content (AvgIpc) is 2.37. The summed E-state index contributed by atoms with van der Waals surface area (Å²) in [7, 11) is 0. The highest BCUT2D eigenvalue weighted by Gasteiger charge is 2.23. The topological polar surface area (TPSA) is 57.0 Å². The number of anilines is 1. The normalized spacial score (nSPS) is 19.8. The van der Waals surface area contributed by atoms with E-state index in [2.05, 4.69) is 11.1 Å². The summed E-state index contributed by atoms with van der Waals surface area (Å²) in [4.78, 5) is 17.5. The molecular weight excluding hydrogens is 214 g/mol. The Hall–Kier alpha value is -1.89. The zero-order chi connectivity index (χ0) is 12.3. The SMILES string of the molecule is Cc1cc(C#N)cc(N2CCCCC2C=O)n1. The fraction of sp³-hybridized carbons (Fsp3) is 0.462. The number of nitrogens with zero attached hydrogens (tertiary/aromatic N) is 3. The van der Waals surface area contributed by atoms with E-state index in [9.17, 15) is 4.79 Å². The van der Waals surface area contributed by atoms with Crippen molar-refractivity contribution in [3.8, 4) is 6.07 Å². The molecule has 4 nitrogen and oxygen atoms in total. The van der Waals surface area contributed by atoms with Crippen molar-refractivity contribution in [2.24, 2.45) is 0 Å². The lowest BCUT2D eigenvalue weighted by molar-refractivity contribution is -0.109. The lowest BCUT2D eigenvalue weighted by Gasteiger charge is -2.33. The Morgan fingerprint density at radius 2 is 2.35 bits per heavy atom. The van der Waals surface area contributed by atoms with E-state index in [-0.39, 0.29) is 6.04 Å². The van der Waals surface area contributed by atoms with Crippen LogP contribution in [0.5, 0.6) is 0 Å².